The number of rotatable bonds is 7. The average molecular weight is 488 g/mol. The molecule has 0 saturated heterocycles. The van der Waals surface area contributed by atoms with Crippen LogP contribution in [0.1, 0.15) is 90.9 Å². The lowest BCUT2D eigenvalue weighted by molar-refractivity contribution is 0.397. The third-order valence-electron chi connectivity index (χ3n) is 6.44. The largest absolute Gasteiger partial charge is 0.399 e. The predicted molar refractivity (Wildman–Crippen MR) is 161 cm³/mol. The number of nitrogens with two attached hydrogens (primary N) is 1. The molecule has 0 amide bonds. The maximum absolute atomic E-state index is 5.98. The Kier molecular flexibility index (Phi) is 13.2. The van der Waals surface area contributed by atoms with Crippen LogP contribution in [-0.2, 0) is 0 Å². The second-order valence-corrected chi connectivity index (χ2v) is 8.50. The lowest BCUT2D eigenvalue weighted by atomic mass is 9.92. The summed E-state index contributed by atoms with van der Waals surface area (Å²) in [5.41, 5.74) is 10.4. The van der Waals surface area contributed by atoms with Crippen molar-refractivity contribution in [3.05, 3.63) is 60.4 Å². The molecule has 3 unspecified atom stereocenters. The smallest absolute Gasteiger partial charge is 0.141 e. The lowest BCUT2D eigenvalue weighted by Gasteiger charge is -2.22. The molecule has 36 heavy (non-hydrogen) atoms. The van der Waals surface area contributed by atoms with Crippen LogP contribution >= 0.6 is 0 Å². The van der Waals surface area contributed by atoms with E-state index in [9.17, 15) is 0 Å². The van der Waals surface area contributed by atoms with E-state index in [0.717, 1.165) is 41.5 Å². The van der Waals surface area contributed by atoms with E-state index < -0.39 is 0 Å². The molecule has 2 aromatic heterocycles. The third-order valence-corrected chi connectivity index (χ3v) is 6.44. The molecule has 4 rings (SSSR count). The molecule has 6 heteroatoms. The second kappa shape index (κ2) is 15.3. The van der Waals surface area contributed by atoms with Gasteiger partial charge < -0.3 is 15.6 Å². The van der Waals surface area contributed by atoms with Gasteiger partial charge in [-0.3, -0.25) is 4.98 Å². The van der Waals surface area contributed by atoms with Crippen LogP contribution in [-0.4, -0.2) is 30.7 Å². The summed E-state index contributed by atoms with van der Waals surface area (Å²) < 4.78 is 2.28. The highest BCUT2D eigenvalue weighted by molar-refractivity contribution is 6.32. The molecule has 1 aromatic carbocycles. The van der Waals surface area contributed by atoms with Crippen LogP contribution < -0.4 is 16.5 Å². The number of aromatic nitrogens is 2. The van der Waals surface area contributed by atoms with Gasteiger partial charge in [-0.1, -0.05) is 65.4 Å². The molecular formula is C30H46BN5. The Bertz CT molecular complexity index is 1120. The van der Waals surface area contributed by atoms with E-state index in [-0.39, 0.29) is 7.43 Å². The highest BCUT2D eigenvalue weighted by Gasteiger charge is 2.29. The molecule has 2 heterocycles. The molecule has 1 saturated carbocycles. The van der Waals surface area contributed by atoms with Crippen molar-refractivity contribution in [2.75, 3.05) is 7.05 Å². The fraction of sp³-hybridized carbons (Fsp3) is 0.467. The van der Waals surface area contributed by atoms with Gasteiger partial charge in [0.05, 0.1) is 5.52 Å². The third kappa shape index (κ3) is 7.33. The molecule has 0 spiro atoms. The van der Waals surface area contributed by atoms with Gasteiger partial charge in [0.1, 0.15) is 13.7 Å². The molecule has 194 valence electrons. The van der Waals surface area contributed by atoms with Gasteiger partial charge in [-0.05, 0) is 68.7 Å². The highest BCUT2D eigenvalue weighted by Crippen LogP contribution is 2.42. The van der Waals surface area contributed by atoms with Crippen LogP contribution in [0.25, 0.3) is 16.6 Å². The quantitative estimate of drug-likeness (QED) is 0.283. The normalized spacial score (nSPS) is 17.5. The van der Waals surface area contributed by atoms with Gasteiger partial charge in [0.15, 0.2) is 0 Å². The molecule has 0 aliphatic heterocycles. The van der Waals surface area contributed by atoms with Crippen molar-refractivity contribution in [3.63, 3.8) is 0 Å². The summed E-state index contributed by atoms with van der Waals surface area (Å²) >= 11 is 0. The Balaban J connectivity index is 0.00000123. The minimum Gasteiger partial charge on any atom is -0.399 e. The summed E-state index contributed by atoms with van der Waals surface area (Å²) in [5.74, 6) is 1.56. The standard InChI is InChI=1S/C25H30BN5.2C2H6.CH4/c1-4-29-25-22(16(2)27)9-10-31(25)21-8-5-17(11-21)12-23(28-3)19-7-6-18-13-20(26)15-30-24(18)14-19;2*1-2;/h4,6-7,9-10,13-15,17,21,23,28H,2,5,8,11-12,27H2,1,3H3;2*1-2H3;1H4/b29-4-;;;. The van der Waals surface area contributed by atoms with Gasteiger partial charge in [0, 0.05) is 42.0 Å². The molecule has 2 radical (unpaired) electrons. The first-order chi connectivity index (χ1) is 17.0. The summed E-state index contributed by atoms with van der Waals surface area (Å²) in [4.78, 5) is 9.08. The predicted octanol–water partition coefficient (Wildman–Crippen LogP) is 6.86. The van der Waals surface area contributed by atoms with Gasteiger partial charge in [-0.2, -0.15) is 0 Å². The SMILES string of the molecule is C.CC.CC.[B]c1cnc2cc(C(CC3CCC(n4ccc(C(=C)N)c4/N=C\C)C3)NC)ccc2c1. The number of hydrogen-bond acceptors (Lipinski definition) is 4. The summed E-state index contributed by atoms with van der Waals surface area (Å²) in [7, 11) is 7.91. The van der Waals surface area contributed by atoms with Crippen LogP contribution in [0, 0.1) is 5.92 Å². The van der Waals surface area contributed by atoms with Gasteiger partial charge in [-0.25, -0.2) is 4.99 Å². The maximum atomic E-state index is 5.98. The van der Waals surface area contributed by atoms with Crippen molar-refractivity contribution in [2.45, 2.75) is 79.8 Å². The number of pyridine rings is 1. The number of fused-ring (bicyclic) bond motifs is 1. The van der Waals surface area contributed by atoms with E-state index in [2.05, 4.69) is 50.8 Å². The van der Waals surface area contributed by atoms with Crippen molar-refractivity contribution >= 4 is 41.9 Å². The van der Waals surface area contributed by atoms with E-state index in [0.29, 0.717) is 29.2 Å². The van der Waals surface area contributed by atoms with Crippen molar-refractivity contribution < 1.29 is 0 Å². The van der Waals surface area contributed by atoms with Gasteiger partial charge in [-0.15, -0.1) is 0 Å². The summed E-state index contributed by atoms with van der Waals surface area (Å²) in [5, 5.41) is 4.59. The minimum absolute atomic E-state index is 0. The second-order valence-electron chi connectivity index (χ2n) is 8.50. The van der Waals surface area contributed by atoms with E-state index in [1.54, 1.807) is 6.20 Å². The molecule has 0 bridgehead atoms. The van der Waals surface area contributed by atoms with Crippen molar-refractivity contribution in [1.82, 2.24) is 14.9 Å². The number of nitrogens with one attached hydrogen (secondary N) is 1. The number of hydrogen-bond donors (Lipinski definition) is 2. The zero-order valence-corrected chi connectivity index (χ0v) is 22.4. The zero-order chi connectivity index (χ0) is 26.0. The Labute approximate surface area is 220 Å². The Morgan fingerprint density at radius 3 is 2.61 bits per heavy atom. The van der Waals surface area contributed by atoms with E-state index >= 15 is 0 Å². The van der Waals surface area contributed by atoms with Gasteiger partial charge in [0.2, 0.25) is 0 Å². The van der Waals surface area contributed by atoms with Crippen molar-refractivity contribution in [2.24, 2.45) is 16.6 Å². The summed E-state index contributed by atoms with van der Waals surface area (Å²) in [6.07, 6.45) is 10.2. The van der Waals surface area contributed by atoms with Crippen molar-refractivity contribution in [1.29, 1.82) is 0 Å². The van der Waals surface area contributed by atoms with Crippen LogP contribution in [0.15, 0.2) is 54.3 Å². The van der Waals surface area contributed by atoms with Crippen molar-refractivity contribution in [3.8, 4) is 0 Å². The van der Waals surface area contributed by atoms with Gasteiger partial charge in [0.25, 0.3) is 0 Å². The molecule has 3 atom stereocenters. The van der Waals surface area contributed by atoms with Gasteiger partial charge >= 0.3 is 0 Å². The molecule has 1 aliphatic carbocycles. The van der Waals surface area contributed by atoms with Crippen LogP contribution in [0.4, 0.5) is 5.82 Å². The van der Waals surface area contributed by atoms with Crippen LogP contribution in [0.3, 0.4) is 0 Å². The first-order valence-corrected chi connectivity index (χ1v) is 13.0. The highest BCUT2D eigenvalue weighted by atomic mass is 15.1. The first-order valence-electron chi connectivity index (χ1n) is 13.0. The minimum atomic E-state index is 0. The van der Waals surface area contributed by atoms with E-state index in [1.807, 2.05) is 60.0 Å². The summed E-state index contributed by atoms with van der Waals surface area (Å²) in [6.45, 7) is 13.8. The van der Waals surface area contributed by atoms with E-state index in [4.69, 9.17) is 13.6 Å². The molecule has 5 nitrogen and oxygen atoms in total. The zero-order valence-electron chi connectivity index (χ0n) is 22.4. The number of benzene rings is 1. The molecule has 1 aliphatic rings. The maximum Gasteiger partial charge on any atom is 0.141 e. The van der Waals surface area contributed by atoms with Crippen LogP contribution in [0.2, 0.25) is 0 Å². The number of nitrogens with zero attached hydrogens (tertiary/aromatic N) is 3. The van der Waals surface area contributed by atoms with Crippen LogP contribution in [0.5, 0.6) is 0 Å². The fourth-order valence-corrected chi connectivity index (χ4v) is 4.88. The summed E-state index contributed by atoms with van der Waals surface area (Å²) in [6, 6.07) is 11.2. The Morgan fingerprint density at radius 2 is 1.97 bits per heavy atom. The molecule has 3 N–H and O–H groups in total. The molecular weight excluding hydrogens is 441 g/mol. The topological polar surface area (TPSA) is 68.2 Å². The van der Waals surface area contributed by atoms with E-state index in [1.165, 1.54) is 12.0 Å². The Morgan fingerprint density at radius 1 is 1.25 bits per heavy atom. The number of aliphatic imine (C=N–C) groups is 1. The molecule has 1 fully saturated rings. The fourth-order valence-electron chi connectivity index (χ4n) is 4.88. The monoisotopic (exact) mass is 487 g/mol. The molecule has 3 aromatic rings. The first kappa shape index (κ1) is 31.2. The average Bonchev–Trinajstić information content (AvgIpc) is 3.52. The lowest BCUT2D eigenvalue weighted by Crippen LogP contribution is -2.19. The Hall–Kier alpha value is -2.86.